The highest BCUT2D eigenvalue weighted by Crippen LogP contribution is 2.28. The van der Waals surface area contributed by atoms with E-state index < -0.39 is 0 Å². The molecule has 1 nitrogen and oxygen atoms in total. The van der Waals surface area contributed by atoms with Crippen molar-refractivity contribution in [3.05, 3.63) is 41.5 Å². The Morgan fingerprint density at radius 3 is 2.75 bits per heavy atom. The molecule has 1 aromatic rings. The molecule has 0 amide bonds. The van der Waals surface area contributed by atoms with E-state index in [0.29, 0.717) is 11.7 Å². The predicted octanol–water partition coefficient (Wildman–Crippen LogP) is 3.85. The first-order valence-corrected chi connectivity index (χ1v) is 6.00. The van der Waals surface area contributed by atoms with Crippen LogP contribution in [0.5, 0.6) is 0 Å². The fourth-order valence-corrected chi connectivity index (χ4v) is 2.34. The van der Waals surface area contributed by atoms with Crippen LogP contribution in [-0.2, 0) is 4.79 Å². The number of ketones is 1. The van der Waals surface area contributed by atoms with E-state index in [1.54, 1.807) is 0 Å². The quantitative estimate of drug-likeness (QED) is 0.730. The van der Waals surface area contributed by atoms with Gasteiger partial charge in [-0.1, -0.05) is 42.0 Å². The average molecular weight is 214 g/mol. The van der Waals surface area contributed by atoms with Crippen molar-refractivity contribution in [1.29, 1.82) is 0 Å². The van der Waals surface area contributed by atoms with E-state index in [4.69, 9.17) is 0 Å². The second-order valence-corrected chi connectivity index (χ2v) is 4.63. The first-order valence-electron chi connectivity index (χ1n) is 6.00. The van der Waals surface area contributed by atoms with Crippen LogP contribution in [0.4, 0.5) is 0 Å². The Morgan fingerprint density at radius 1 is 1.31 bits per heavy atom. The van der Waals surface area contributed by atoms with Crippen molar-refractivity contribution in [1.82, 2.24) is 0 Å². The van der Waals surface area contributed by atoms with Gasteiger partial charge in [0, 0.05) is 12.8 Å². The molecule has 1 aliphatic rings. The lowest BCUT2D eigenvalue weighted by molar-refractivity contribution is -0.121. The summed E-state index contributed by atoms with van der Waals surface area (Å²) < 4.78 is 0. The highest BCUT2D eigenvalue weighted by Gasteiger charge is 2.20. The SMILES string of the molecule is C/C(=C\c1ccccc1)C1CCCC(=O)C1. The summed E-state index contributed by atoms with van der Waals surface area (Å²) in [5, 5.41) is 0. The summed E-state index contributed by atoms with van der Waals surface area (Å²) >= 11 is 0. The summed E-state index contributed by atoms with van der Waals surface area (Å²) in [5.74, 6) is 0.901. The summed E-state index contributed by atoms with van der Waals surface area (Å²) in [6, 6.07) is 10.3. The van der Waals surface area contributed by atoms with Crippen molar-refractivity contribution in [3.8, 4) is 0 Å². The minimum Gasteiger partial charge on any atom is -0.300 e. The Hall–Kier alpha value is -1.37. The van der Waals surface area contributed by atoms with Gasteiger partial charge >= 0.3 is 0 Å². The first-order chi connectivity index (χ1) is 7.75. The van der Waals surface area contributed by atoms with E-state index in [0.717, 1.165) is 19.3 Å². The third-order valence-electron chi connectivity index (χ3n) is 3.32. The van der Waals surface area contributed by atoms with Gasteiger partial charge in [-0.3, -0.25) is 4.79 Å². The van der Waals surface area contributed by atoms with Crippen LogP contribution < -0.4 is 0 Å². The molecule has 0 radical (unpaired) electrons. The molecule has 1 heteroatoms. The summed E-state index contributed by atoms with van der Waals surface area (Å²) in [5.41, 5.74) is 2.58. The van der Waals surface area contributed by atoms with Crippen LogP contribution in [0.3, 0.4) is 0 Å². The maximum atomic E-state index is 11.4. The number of hydrogen-bond donors (Lipinski definition) is 0. The highest BCUT2D eigenvalue weighted by atomic mass is 16.1. The molecular formula is C15H18O. The van der Waals surface area contributed by atoms with E-state index in [9.17, 15) is 4.79 Å². The van der Waals surface area contributed by atoms with E-state index in [-0.39, 0.29) is 0 Å². The molecule has 0 aromatic heterocycles. The van der Waals surface area contributed by atoms with Gasteiger partial charge in [0.15, 0.2) is 0 Å². The summed E-state index contributed by atoms with van der Waals surface area (Å²) in [6.07, 6.45) is 5.97. The van der Waals surface area contributed by atoms with Gasteiger partial charge in [-0.05, 0) is 31.2 Å². The standard InChI is InChI=1S/C15H18O/c1-12(10-13-6-3-2-4-7-13)14-8-5-9-15(16)11-14/h2-4,6-7,10,14H,5,8-9,11H2,1H3/b12-10+. The van der Waals surface area contributed by atoms with Crippen molar-refractivity contribution < 1.29 is 4.79 Å². The second kappa shape index (κ2) is 5.11. The second-order valence-electron chi connectivity index (χ2n) is 4.63. The third-order valence-corrected chi connectivity index (χ3v) is 3.32. The molecular weight excluding hydrogens is 196 g/mol. The zero-order valence-corrected chi connectivity index (χ0v) is 9.78. The fourth-order valence-electron chi connectivity index (χ4n) is 2.34. The molecule has 0 N–H and O–H groups in total. The molecule has 1 unspecified atom stereocenters. The molecule has 0 spiro atoms. The predicted molar refractivity (Wildman–Crippen MR) is 67.1 cm³/mol. The molecule has 1 atom stereocenters. The minimum atomic E-state index is 0.428. The molecule has 0 heterocycles. The van der Waals surface area contributed by atoms with Crippen LogP contribution in [0.15, 0.2) is 35.9 Å². The van der Waals surface area contributed by atoms with Crippen LogP contribution in [0.2, 0.25) is 0 Å². The van der Waals surface area contributed by atoms with E-state index in [2.05, 4.69) is 25.1 Å². The van der Waals surface area contributed by atoms with Gasteiger partial charge in [0.1, 0.15) is 5.78 Å². The largest absolute Gasteiger partial charge is 0.300 e. The van der Waals surface area contributed by atoms with E-state index in [1.165, 1.54) is 17.6 Å². The van der Waals surface area contributed by atoms with Gasteiger partial charge in [-0.15, -0.1) is 0 Å². The lowest BCUT2D eigenvalue weighted by atomic mass is 9.83. The first kappa shape index (κ1) is 11.1. The normalized spacial score (nSPS) is 22.2. The molecule has 16 heavy (non-hydrogen) atoms. The molecule has 84 valence electrons. The molecule has 2 rings (SSSR count). The lowest BCUT2D eigenvalue weighted by Crippen LogP contribution is -2.15. The molecule has 0 saturated heterocycles. The Kier molecular flexibility index (Phi) is 3.55. The van der Waals surface area contributed by atoms with Gasteiger partial charge in [0.2, 0.25) is 0 Å². The van der Waals surface area contributed by atoms with Gasteiger partial charge in [0.05, 0.1) is 0 Å². The smallest absolute Gasteiger partial charge is 0.133 e. The highest BCUT2D eigenvalue weighted by molar-refractivity contribution is 5.80. The van der Waals surface area contributed by atoms with E-state index >= 15 is 0 Å². The summed E-state index contributed by atoms with van der Waals surface area (Å²) in [6.45, 7) is 2.15. The van der Waals surface area contributed by atoms with Crippen LogP contribution in [-0.4, -0.2) is 5.78 Å². The third kappa shape index (κ3) is 2.82. The Balaban J connectivity index is 2.09. The van der Waals surface area contributed by atoms with Gasteiger partial charge in [-0.25, -0.2) is 0 Å². The van der Waals surface area contributed by atoms with Crippen molar-refractivity contribution in [3.63, 3.8) is 0 Å². The zero-order valence-electron chi connectivity index (χ0n) is 9.78. The van der Waals surface area contributed by atoms with Crippen LogP contribution in [0.25, 0.3) is 6.08 Å². The molecule has 1 saturated carbocycles. The number of rotatable bonds is 2. The summed E-state index contributed by atoms with van der Waals surface area (Å²) in [4.78, 5) is 11.4. The van der Waals surface area contributed by atoms with E-state index in [1.807, 2.05) is 18.2 Å². The van der Waals surface area contributed by atoms with Crippen LogP contribution >= 0.6 is 0 Å². The Labute approximate surface area is 97.2 Å². The Morgan fingerprint density at radius 2 is 2.06 bits per heavy atom. The fraction of sp³-hybridized carbons (Fsp3) is 0.400. The monoisotopic (exact) mass is 214 g/mol. The maximum absolute atomic E-state index is 11.4. The molecule has 0 bridgehead atoms. The Bertz CT molecular complexity index is 389. The number of Topliss-reactive ketones (excluding diaryl/α,β-unsaturated/α-hetero) is 1. The molecule has 1 aromatic carbocycles. The number of benzene rings is 1. The summed E-state index contributed by atoms with van der Waals surface area (Å²) in [7, 11) is 0. The lowest BCUT2D eigenvalue weighted by Gasteiger charge is -2.21. The number of allylic oxidation sites excluding steroid dienone is 1. The average Bonchev–Trinajstić information content (AvgIpc) is 2.30. The molecule has 0 aliphatic heterocycles. The topological polar surface area (TPSA) is 17.1 Å². The van der Waals surface area contributed by atoms with Gasteiger partial charge in [-0.2, -0.15) is 0 Å². The number of hydrogen-bond acceptors (Lipinski definition) is 1. The molecule has 1 fully saturated rings. The van der Waals surface area contributed by atoms with Crippen molar-refractivity contribution >= 4 is 11.9 Å². The van der Waals surface area contributed by atoms with Gasteiger partial charge in [0.25, 0.3) is 0 Å². The zero-order chi connectivity index (χ0) is 11.4. The van der Waals surface area contributed by atoms with Crippen molar-refractivity contribution in [2.75, 3.05) is 0 Å². The van der Waals surface area contributed by atoms with Crippen LogP contribution in [0, 0.1) is 5.92 Å². The van der Waals surface area contributed by atoms with Gasteiger partial charge < -0.3 is 0 Å². The van der Waals surface area contributed by atoms with Crippen LogP contribution in [0.1, 0.15) is 38.2 Å². The number of carbonyl (C=O) groups is 1. The van der Waals surface area contributed by atoms with Crippen molar-refractivity contribution in [2.45, 2.75) is 32.6 Å². The maximum Gasteiger partial charge on any atom is 0.133 e. The molecule has 1 aliphatic carbocycles. The minimum absolute atomic E-state index is 0.428. The number of carbonyl (C=O) groups excluding carboxylic acids is 1. The van der Waals surface area contributed by atoms with Crippen molar-refractivity contribution in [2.24, 2.45) is 5.92 Å².